The third-order valence-corrected chi connectivity index (χ3v) is 6.33. The van der Waals surface area contributed by atoms with Crippen molar-refractivity contribution in [1.82, 2.24) is 4.57 Å². The van der Waals surface area contributed by atoms with Gasteiger partial charge < -0.3 is 9.47 Å². The average Bonchev–Trinajstić information content (AvgIpc) is 2.52. The minimum atomic E-state index is 0.592. The van der Waals surface area contributed by atoms with Gasteiger partial charge in [-0.05, 0) is 0 Å². The lowest BCUT2D eigenvalue weighted by Crippen LogP contribution is -2.14. The standard InChI is InChI=1S/C16H30N2S3/c1-10(2)19-13-14(20-11(3)4)16(21-12(5)6)18(9)15(13)17(7)8/h10-12H,1-9H3. The smallest absolute Gasteiger partial charge is 0.123 e. The van der Waals surface area contributed by atoms with Crippen LogP contribution in [0, 0.1) is 0 Å². The summed E-state index contributed by atoms with van der Waals surface area (Å²) >= 11 is 5.96. The van der Waals surface area contributed by atoms with E-state index in [0.29, 0.717) is 15.7 Å². The molecule has 0 unspecified atom stereocenters. The Labute approximate surface area is 143 Å². The van der Waals surface area contributed by atoms with Crippen LogP contribution in [0.25, 0.3) is 0 Å². The van der Waals surface area contributed by atoms with Gasteiger partial charge in [0.15, 0.2) is 0 Å². The Balaban J connectivity index is 3.46. The highest BCUT2D eigenvalue weighted by Crippen LogP contribution is 2.49. The molecule has 0 spiro atoms. The van der Waals surface area contributed by atoms with E-state index in [-0.39, 0.29) is 0 Å². The molecule has 0 aliphatic carbocycles. The van der Waals surface area contributed by atoms with Crippen LogP contribution in [0.5, 0.6) is 0 Å². The SMILES string of the molecule is CC(C)Sc1c(SC(C)C)c(N(C)C)n(C)c1SC(C)C. The maximum Gasteiger partial charge on any atom is 0.123 e. The zero-order valence-electron chi connectivity index (χ0n) is 14.9. The van der Waals surface area contributed by atoms with Gasteiger partial charge in [0, 0.05) is 36.9 Å². The number of anilines is 1. The van der Waals surface area contributed by atoms with Crippen molar-refractivity contribution in [3.05, 3.63) is 0 Å². The number of hydrogen-bond acceptors (Lipinski definition) is 4. The van der Waals surface area contributed by atoms with Gasteiger partial charge in [0.2, 0.25) is 0 Å². The molecule has 5 heteroatoms. The quantitative estimate of drug-likeness (QED) is 0.594. The third kappa shape index (κ3) is 5.07. The molecule has 0 bridgehead atoms. The molecule has 0 aliphatic rings. The molecule has 1 rings (SSSR count). The lowest BCUT2D eigenvalue weighted by molar-refractivity contribution is 0.788. The number of hydrogen-bond donors (Lipinski definition) is 0. The van der Waals surface area contributed by atoms with E-state index >= 15 is 0 Å². The van der Waals surface area contributed by atoms with Crippen LogP contribution in [0.3, 0.4) is 0 Å². The van der Waals surface area contributed by atoms with Crippen molar-refractivity contribution < 1.29 is 0 Å². The maximum absolute atomic E-state index is 2.38. The lowest BCUT2D eigenvalue weighted by Gasteiger charge is -2.18. The molecule has 0 N–H and O–H groups in total. The highest BCUT2D eigenvalue weighted by molar-refractivity contribution is 8.04. The summed E-state index contributed by atoms with van der Waals surface area (Å²) < 4.78 is 2.38. The minimum Gasteiger partial charge on any atom is -0.363 e. The fourth-order valence-electron chi connectivity index (χ4n) is 2.14. The van der Waals surface area contributed by atoms with Gasteiger partial charge in [-0.15, -0.1) is 35.3 Å². The van der Waals surface area contributed by atoms with Crippen LogP contribution in [-0.2, 0) is 7.05 Å². The summed E-state index contributed by atoms with van der Waals surface area (Å²) in [7, 11) is 6.50. The summed E-state index contributed by atoms with van der Waals surface area (Å²) in [6.45, 7) is 13.6. The molecule has 0 saturated heterocycles. The van der Waals surface area contributed by atoms with E-state index in [1.165, 1.54) is 20.6 Å². The van der Waals surface area contributed by atoms with Crippen LogP contribution in [0.1, 0.15) is 41.5 Å². The number of rotatable bonds is 7. The predicted octanol–water partition coefficient (Wildman–Crippen LogP) is 5.59. The topological polar surface area (TPSA) is 8.17 Å². The molecule has 0 atom stereocenters. The van der Waals surface area contributed by atoms with Crippen molar-refractivity contribution in [3.8, 4) is 0 Å². The van der Waals surface area contributed by atoms with E-state index in [2.05, 4.69) is 72.2 Å². The van der Waals surface area contributed by atoms with E-state index < -0.39 is 0 Å². The molecule has 21 heavy (non-hydrogen) atoms. The summed E-state index contributed by atoms with van der Waals surface area (Å²) in [6.07, 6.45) is 0. The van der Waals surface area contributed by atoms with Crippen LogP contribution in [0.15, 0.2) is 14.8 Å². The minimum absolute atomic E-state index is 0.592. The van der Waals surface area contributed by atoms with Gasteiger partial charge in [0.05, 0.1) is 14.8 Å². The molecular formula is C16H30N2S3. The molecule has 0 amide bonds. The van der Waals surface area contributed by atoms with Crippen LogP contribution in [-0.4, -0.2) is 34.4 Å². The van der Waals surface area contributed by atoms with Gasteiger partial charge in [-0.2, -0.15) is 0 Å². The summed E-state index contributed by atoms with van der Waals surface area (Å²) in [6, 6.07) is 0. The first kappa shape index (κ1) is 19.2. The number of thioether (sulfide) groups is 3. The van der Waals surface area contributed by atoms with Crippen LogP contribution < -0.4 is 4.90 Å². The molecule has 0 radical (unpaired) electrons. The summed E-state index contributed by atoms with van der Waals surface area (Å²) in [4.78, 5) is 5.16. The molecule has 1 aromatic heterocycles. The summed E-state index contributed by atoms with van der Waals surface area (Å²) in [5, 5.41) is 3.20. The van der Waals surface area contributed by atoms with E-state index in [1.54, 1.807) is 0 Å². The predicted molar refractivity (Wildman–Crippen MR) is 103 cm³/mol. The second-order valence-corrected chi connectivity index (χ2v) is 11.0. The molecule has 0 saturated carbocycles. The maximum atomic E-state index is 2.38. The lowest BCUT2D eigenvalue weighted by atomic mass is 10.5. The third-order valence-electron chi connectivity index (χ3n) is 2.70. The molecule has 1 heterocycles. The Bertz CT molecular complexity index is 463. The average molecular weight is 347 g/mol. The highest BCUT2D eigenvalue weighted by atomic mass is 32.2. The number of nitrogens with zero attached hydrogens (tertiary/aromatic N) is 2. The second-order valence-electron chi connectivity index (χ2n) is 6.24. The summed E-state index contributed by atoms with van der Waals surface area (Å²) in [5.41, 5.74) is 0. The molecule has 0 aliphatic heterocycles. The molecule has 2 nitrogen and oxygen atoms in total. The van der Waals surface area contributed by atoms with Gasteiger partial charge >= 0.3 is 0 Å². The zero-order chi connectivity index (χ0) is 16.3. The van der Waals surface area contributed by atoms with Gasteiger partial charge in [-0.1, -0.05) is 41.5 Å². The van der Waals surface area contributed by atoms with Crippen LogP contribution in [0.2, 0.25) is 0 Å². The van der Waals surface area contributed by atoms with Crippen LogP contribution in [0.4, 0.5) is 5.82 Å². The monoisotopic (exact) mass is 346 g/mol. The fraction of sp³-hybridized carbons (Fsp3) is 0.750. The molecule has 122 valence electrons. The Morgan fingerprint density at radius 3 is 1.57 bits per heavy atom. The Morgan fingerprint density at radius 2 is 1.19 bits per heavy atom. The molecule has 0 aromatic carbocycles. The molecule has 1 aromatic rings. The Morgan fingerprint density at radius 1 is 0.762 bits per heavy atom. The van der Waals surface area contributed by atoms with Crippen molar-refractivity contribution in [2.24, 2.45) is 7.05 Å². The van der Waals surface area contributed by atoms with E-state index in [9.17, 15) is 0 Å². The van der Waals surface area contributed by atoms with Crippen molar-refractivity contribution in [2.45, 2.75) is 72.1 Å². The Hall–Kier alpha value is 0.130. The van der Waals surface area contributed by atoms with Crippen molar-refractivity contribution in [2.75, 3.05) is 19.0 Å². The van der Waals surface area contributed by atoms with Gasteiger partial charge in [0.1, 0.15) is 5.82 Å². The van der Waals surface area contributed by atoms with Gasteiger partial charge in [-0.25, -0.2) is 0 Å². The van der Waals surface area contributed by atoms with Gasteiger partial charge in [0.25, 0.3) is 0 Å². The first-order chi connectivity index (χ1) is 9.65. The first-order valence-electron chi connectivity index (χ1n) is 7.55. The van der Waals surface area contributed by atoms with Crippen molar-refractivity contribution in [1.29, 1.82) is 0 Å². The van der Waals surface area contributed by atoms with Gasteiger partial charge in [-0.3, -0.25) is 0 Å². The van der Waals surface area contributed by atoms with E-state index in [4.69, 9.17) is 0 Å². The number of aromatic nitrogens is 1. The van der Waals surface area contributed by atoms with Crippen molar-refractivity contribution in [3.63, 3.8) is 0 Å². The molecule has 0 fully saturated rings. The Kier molecular flexibility index (Phi) is 7.41. The molecular weight excluding hydrogens is 316 g/mol. The largest absolute Gasteiger partial charge is 0.363 e. The van der Waals surface area contributed by atoms with E-state index in [0.717, 1.165) is 0 Å². The first-order valence-corrected chi connectivity index (χ1v) is 10.2. The second kappa shape index (κ2) is 8.11. The van der Waals surface area contributed by atoms with Crippen molar-refractivity contribution >= 4 is 41.1 Å². The highest BCUT2D eigenvalue weighted by Gasteiger charge is 2.25. The fourth-order valence-corrected chi connectivity index (χ4v) is 5.69. The van der Waals surface area contributed by atoms with Crippen LogP contribution >= 0.6 is 35.3 Å². The zero-order valence-corrected chi connectivity index (χ0v) is 17.3. The van der Waals surface area contributed by atoms with E-state index in [1.807, 2.05) is 35.3 Å². The summed E-state index contributed by atoms with van der Waals surface area (Å²) in [5.74, 6) is 1.33. The normalized spacial score (nSPS) is 12.0.